The highest BCUT2D eigenvalue weighted by Gasteiger charge is 2.22. The van der Waals surface area contributed by atoms with Gasteiger partial charge >= 0.3 is 0 Å². The molecular weight excluding hydrogens is 472 g/mol. The summed E-state index contributed by atoms with van der Waals surface area (Å²) in [4.78, 5) is 17.8. The lowest BCUT2D eigenvalue weighted by molar-refractivity contribution is -0.123. The number of guanidine groups is 1. The third-order valence-corrected chi connectivity index (χ3v) is 5.03. The van der Waals surface area contributed by atoms with Crippen molar-refractivity contribution in [3.8, 4) is 0 Å². The topological polar surface area (TPSA) is 82.8 Å². The number of unbranched alkanes of at least 4 members (excludes halogenated alkanes) is 1. The molecule has 0 aliphatic carbocycles. The predicted octanol–water partition coefficient (Wildman–Crippen LogP) is 2.13. The number of halogens is 2. The maximum Gasteiger partial charge on any atom is 0.220 e. The van der Waals surface area contributed by atoms with Crippen molar-refractivity contribution >= 4 is 35.8 Å². The Bertz CT molecular complexity index is 603. The first-order chi connectivity index (χ1) is 13.1. The third-order valence-electron chi connectivity index (χ3n) is 5.03. The highest BCUT2D eigenvalue weighted by Crippen LogP contribution is 2.16. The van der Waals surface area contributed by atoms with Crippen LogP contribution in [-0.4, -0.2) is 56.5 Å². The van der Waals surface area contributed by atoms with Crippen molar-refractivity contribution in [1.82, 2.24) is 15.5 Å². The van der Waals surface area contributed by atoms with Crippen LogP contribution in [0.25, 0.3) is 0 Å². The van der Waals surface area contributed by atoms with E-state index in [1.807, 2.05) is 0 Å². The van der Waals surface area contributed by atoms with Crippen molar-refractivity contribution in [2.24, 2.45) is 16.6 Å². The minimum Gasteiger partial charge on any atom is -0.369 e. The number of benzene rings is 1. The lowest BCUT2D eigenvalue weighted by Crippen LogP contribution is -2.40. The number of hydrogen-bond acceptors (Lipinski definition) is 3. The Morgan fingerprint density at radius 2 is 1.82 bits per heavy atom. The standard InChI is InChI=1S/C20H32FN5O.HI/c1-23-20(25-12-8-16-4-6-18(21)7-5-16)24-11-2-3-13-26-14-9-17(10-15-26)19(22)27;/h4-7,17H,2-3,8-15H2,1H3,(H2,22,27)(H2,23,24,25);1H. The lowest BCUT2D eigenvalue weighted by atomic mass is 9.96. The first-order valence-corrected chi connectivity index (χ1v) is 9.79. The van der Waals surface area contributed by atoms with E-state index in [9.17, 15) is 9.18 Å². The second kappa shape index (κ2) is 13.7. The number of carbonyl (C=O) groups is 1. The van der Waals surface area contributed by atoms with Crippen LogP contribution in [0.15, 0.2) is 29.3 Å². The molecule has 0 radical (unpaired) electrons. The average Bonchev–Trinajstić information content (AvgIpc) is 2.68. The summed E-state index contributed by atoms with van der Waals surface area (Å²) in [6.45, 7) is 4.61. The van der Waals surface area contributed by atoms with Crippen molar-refractivity contribution in [3.05, 3.63) is 35.6 Å². The van der Waals surface area contributed by atoms with Gasteiger partial charge < -0.3 is 21.3 Å². The molecule has 0 bridgehead atoms. The van der Waals surface area contributed by atoms with E-state index in [0.717, 1.165) is 76.4 Å². The smallest absolute Gasteiger partial charge is 0.220 e. The number of piperidine rings is 1. The van der Waals surface area contributed by atoms with Crippen LogP contribution >= 0.6 is 24.0 Å². The Kier molecular flexibility index (Phi) is 12.1. The molecule has 0 atom stereocenters. The second-order valence-corrected chi connectivity index (χ2v) is 7.03. The largest absolute Gasteiger partial charge is 0.369 e. The molecule has 1 saturated heterocycles. The van der Waals surface area contributed by atoms with Crippen LogP contribution in [0.3, 0.4) is 0 Å². The highest BCUT2D eigenvalue weighted by atomic mass is 127. The van der Waals surface area contributed by atoms with Gasteiger partial charge in [-0.15, -0.1) is 24.0 Å². The van der Waals surface area contributed by atoms with Gasteiger partial charge in [-0.1, -0.05) is 12.1 Å². The van der Waals surface area contributed by atoms with Gasteiger partial charge in [0.25, 0.3) is 0 Å². The number of likely N-dealkylation sites (tertiary alicyclic amines) is 1. The third kappa shape index (κ3) is 9.18. The number of nitrogens with one attached hydrogen (secondary N) is 2. The minimum absolute atomic E-state index is 0. The number of hydrogen-bond donors (Lipinski definition) is 3. The molecule has 28 heavy (non-hydrogen) atoms. The molecule has 1 aromatic carbocycles. The van der Waals surface area contributed by atoms with E-state index in [-0.39, 0.29) is 41.6 Å². The average molecular weight is 505 g/mol. The summed E-state index contributed by atoms with van der Waals surface area (Å²) >= 11 is 0. The summed E-state index contributed by atoms with van der Waals surface area (Å²) < 4.78 is 12.9. The molecule has 1 aliphatic rings. The fraction of sp³-hybridized carbons (Fsp3) is 0.600. The fourth-order valence-electron chi connectivity index (χ4n) is 3.31. The molecule has 4 N–H and O–H groups in total. The molecule has 0 saturated carbocycles. The summed E-state index contributed by atoms with van der Waals surface area (Å²) in [5, 5.41) is 6.60. The van der Waals surface area contributed by atoms with Gasteiger partial charge in [0.1, 0.15) is 5.82 Å². The van der Waals surface area contributed by atoms with Gasteiger partial charge in [-0.05, 0) is 69.4 Å². The highest BCUT2D eigenvalue weighted by molar-refractivity contribution is 14.0. The second-order valence-electron chi connectivity index (χ2n) is 7.03. The maximum atomic E-state index is 12.9. The van der Waals surface area contributed by atoms with E-state index in [1.165, 1.54) is 12.1 Å². The number of amides is 1. The molecule has 1 heterocycles. The summed E-state index contributed by atoms with van der Waals surface area (Å²) in [5.41, 5.74) is 6.47. The molecule has 0 unspecified atom stereocenters. The Labute approximate surface area is 184 Å². The van der Waals surface area contributed by atoms with Gasteiger partial charge in [-0.2, -0.15) is 0 Å². The van der Waals surface area contributed by atoms with E-state index in [2.05, 4.69) is 20.5 Å². The summed E-state index contributed by atoms with van der Waals surface area (Å²) in [5.74, 6) is 0.491. The summed E-state index contributed by atoms with van der Waals surface area (Å²) in [6, 6.07) is 6.58. The first kappa shape index (κ1) is 24.6. The summed E-state index contributed by atoms with van der Waals surface area (Å²) in [7, 11) is 1.76. The van der Waals surface area contributed by atoms with Gasteiger partial charge in [-0.25, -0.2) is 4.39 Å². The van der Waals surface area contributed by atoms with Gasteiger partial charge in [-0.3, -0.25) is 9.79 Å². The van der Waals surface area contributed by atoms with Crippen molar-refractivity contribution in [2.75, 3.05) is 39.8 Å². The molecule has 8 heteroatoms. The molecule has 1 aliphatic heterocycles. The molecule has 1 aromatic rings. The lowest BCUT2D eigenvalue weighted by Gasteiger charge is -2.30. The molecule has 0 spiro atoms. The van der Waals surface area contributed by atoms with Crippen molar-refractivity contribution < 1.29 is 9.18 Å². The fourth-order valence-corrected chi connectivity index (χ4v) is 3.31. The molecule has 158 valence electrons. The van der Waals surface area contributed by atoms with Gasteiger partial charge in [0.15, 0.2) is 5.96 Å². The quantitative estimate of drug-likeness (QED) is 0.208. The van der Waals surface area contributed by atoms with Crippen LogP contribution in [0.5, 0.6) is 0 Å². The molecular formula is C20H33FIN5O. The van der Waals surface area contributed by atoms with E-state index in [0.29, 0.717) is 0 Å². The van der Waals surface area contributed by atoms with E-state index < -0.39 is 0 Å². The van der Waals surface area contributed by atoms with Gasteiger partial charge in [0, 0.05) is 26.1 Å². The maximum absolute atomic E-state index is 12.9. The summed E-state index contributed by atoms with van der Waals surface area (Å²) in [6.07, 6.45) is 4.77. The Hall–Kier alpha value is -1.42. The van der Waals surface area contributed by atoms with Crippen LogP contribution < -0.4 is 16.4 Å². The Balaban J connectivity index is 0.00000392. The monoisotopic (exact) mass is 505 g/mol. The number of carbonyl (C=O) groups excluding carboxylic acids is 1. The number of primary amides is 1. The molecule has 6 nitrogen and oxygen atoms in total. The van der Waals surface area contributed by atoms with Gasteiger partial charge in [0.2, 0.25) is 5.91 Å². The molecule has 2 rings (SSSR count). The molecule has 0 aromatic heterocycles. The zero-order chi connectivity index (χ0) is 19.5. The van der Waals surface area contributed by atoms with Crippen molar-refractivity contribution in [2.45, 2.75) is 32.1 Å². The van der Waals surface area contributed by atoms with Gasteiger partial charge in [0.05, 0.1) is 0 Å². The van der Waals surface area contributed by atoms with E-state index >= 15 is 0 Å². The first-order valence-electron chi connectivity index (χ1n) is 9.79. The zero-order valence-corrected chi connectivity index (χ0v) is 19.0. The number of nitrogens with two attached hydrogens (primary N) is 1. The predicted molar refractivity (Wildman–Crippen MR) is 122 cm³/mol. The van der Waals surface area contributed by atoms with Crippen LogP contribution in [0.2, 0.25) is 0 Å². The van der Waals surface area contributed by atoms with Crippen LogP contribution in [0, 0.1) is 11.7 Å². The normalized spacial score (nSPS) is 15.7. The Morgan fingerprint density at radius 1 is 1.18 bits per heavy atom. The number of aliphatic imine (C=N–C) groups is 1. The SMILES string of the molecule is CN=C(NCCCCN1CCC(C(N)=O)CC1)NCCc1ccc(F)cc1.I. The van der Waals surface area contributed by atoms with Crippen LogP contribution in [0.1, 0.15) is 31.2 Å². The Morgan fingerprint density at radius 3 is 2.43 bits per heavy atom. The van der Waals surface area contributed by atoms with E-state index in [1.54, 1.807) is 19.2 Å². The number of rotatable bonds is 9. The van der Waals surface area contributed by atoms with Crippen LogP contribution in [0.4, 0.5) is 4.39 Å². The zero-order valence-electron chi connectivity index (χ0n) is 16.6. The van der Waals surface area contributed by atoms with E-state index in [4.69, 9.17) is 5.73 Å². The number of nitrogens with zero attached hydrogens (tertiary/aromatic N) is 2. The minimum atomic E-state index is -0.207. The molecule has 1 amide bonds. The molecule has 1 fully saturated rings. The van der Waals surface area contributed by atoms with Crippen LogP contribution in [-0.2, 0) is 11.2 Å². The van der Waals surface area contributed by atoms with Crippen molar-refractivity contribution in [3.63, 3.8) is 0 Å². The van der Waals surface area contributed by atoms with Crippen molar-refractivity contribution in [1.29, 1.82) is 0 Å².